The molecule has 3 aromatic carbocycles. The number of furan rings is 1. The van der Waals surface area contributed by atoms with Gasteiger partial charge >= 0.3 is 5.97 Å². The predicted octanol–water partition coefficient (Wildman–Crippen LogP) is 4.32. The number of nitrogens with one attached hydrogen (secondary N) is 2. The number of H-pyrrole nitrogens is 1. The zero-order chi connectivity index (χ0) is 26.1. The van der Waals surface area contributed by atoms with Crippen LogP contribution in [0.3, 0.4) is 0 Å². The minimum Gasteiger partial charge on any atom is -0.504 e. The van der Waals surface area contributed by atoms with Crippen LogP contribution in [0.5, 0.6) is 17.2 Å². The Morgan fingerprint density at radius 3 is 2.54 bits per heavy atom. The normalized spacial score (nSPS) is 13.4. The van der Waals surface area contributed by atoms with Crippen molar-refractivity contribution in [3.05, 3.63) is 84.1 Å². The van der Waals surface area contributed by atoms with Crippen molar-refractivity contribution in [2.24, 2.45) is 0 Å². The Labute approximate surface area is 210 Å². The number of para-hydroxylation sites is 1. The lowest BCUT2D eigenvalue weighted by atomic mass is 10.0. The standard InChI is InChI=1S/C28H24N2O7/c31-22-8-6-16(12-24(22)33)25-13-19-15(5-9-23(32)27(19)37-25)7-10-26(34)30-21(28(35)36)11-17-14-29-20-4-2-1-3-18(17)20/h1-10,12-14,21,26,29-34H,11H2,(H,35,36)/b10-7+/t21-,26?/m1/s1. The molecular weight excluding hydrogens is 476 g/mol. The molecule has 0 aliphatic heterocycles. The molecular formula is C28H24N2O7. The third-order valence-electron chi connectivity index (χ3n) is 6.18. The molecule has 1 unspecified atom stereocenters. The number of phenols is 3. The van der Waals surface area contributed by atoms with E-state index in [4.69, 9.17) is 4.42 Å². The molecule has 0 aliphatic rings. The Morgan fingerprint density at radius 2 is 1.76 bits per heavy atom. The molecule has 0 aliphatic carbocycles. The van der Waals surface area contributed by atoms with Gasteiger partial charge in [-0.2, -0.15) is 0 Å². The molecule has 0 fully saturated rings. The molecule has 0 saturated heterocycles. The number of aromatic hydroxyl groups is 3. The number of phenolic OH excluding ortho intramolecular Hbond substituents is 3. The zero-order valence-corrected chi connectivity index (χ0v) is 19.4. The lowest BCUT2D eigenvalue weighted by molar-refractivity contribution is -0.140. The van der Waals surface area contributed by atoms with Gasteiger partial charge in [0.25, 0.3) is 0 Å². The van der Waals surface area contributed by atoms with Gasteiger partial charge in [-0.25, -0.2) is 0 Å². The number of carboxylic acids is 1. The highest BCUT2D eigenvalue weighted by Gasteiger charge is 2.21. The monoisotopic (exact) mass is 500 g/mol. The molecule has 37 heavy (non-hydrogen) atoms. The Morgan fingerprint density at radius 1 is 0.973 bits per heavy atom. The van der Waals surface area contributed by atoms with E-state index in [1.54, 1.807) is 30.5 Å². The summed E-state index contributed by atoms with van der Waals surface area (Å²) in [6.07, 6.45) is 3.67. The van der Waals surface area contributed by atoms with Gasteiger partial charge in [-0.15, -0.1) is 0 Å². The highest BCUT2D eigenvalue weighted by atomic mass is 16.4. The maximum Gasteiger partial charge on any atom is 0.321 e. The second-order valence-corrected chi connectivity index (χ2v) is 8.66. The van der Waals surface area contributed by atoms with Crippen LogP contribution >= 0.6 is 0 Å². The average molecular weight is 501 g/mol. The van der Waals surface area contributed by atoms with Gasteiger partial charge < -0.3 is 34.9 Å². The summed E-state index contributed by atoms with van der Waals surface area (Å²) in [5.41, 5.74) is 3.02. The van der Waals surface area contributed by atoms with Gasteiger partial charge in [-0.3, -0.25) is 10.1 Å². The van der Waals surface area contributed by atoms with E-state index in [1.807, 2.05) is 24.3 Å². The van der Waals surface area contributed by atoms with E-state index < -0.39 is 18.2 Å². The summed E-state index contributed by atoms with van der Waals surface area (Å²) in [6.45, 7) is 0. The number of hydrogen-bond donors (Lipinski definition) is 7. The van der Waals surface area contributed by atoms with Crippen LogP contribution in [0.1, 0.15) is 11.1 Å². The summed E-state index contributed by atoms with van der Waals surface area (Å²) in [5.74, 6) is -1.41. The number of benzene rings is 3. The van der Waals surface area contributed by atoms with E-state index in [2.05, 4.69) is 10.3 Å². The smallest absolute Gasteiger partial charge is 0.321 e. The number of carboxylic acid groups (broad SMARTS) is 1. The van der Waals surface area contributed by atoms with Crippen LogP contribution in [0, 0.1) is 0 Å². The van der Waals surface area contributed by atoms with Gasteiger partial charge in [0.2, 0.25) is 0 Å². The average Bonchev–Trinajstić information content (AvgIpc) is 3.51. The first kappa shape index (κ1) is 24.0. The molecule has 5 aromatic rings. The number of aliphatic carboxylic acids is 1. The highest BCUT2D eigenvalue weighted by Crippen LogP contribution is 2.37. The first-order valence-corrected chi connectivity index (χ1v) is 11.5. The van der Waals surface area contributed by atoms with E-state index in [0.29, 0.717) is 22.3 Å². The van der Waals surface area contributed by atoms with Crippen molar-refractivity contribution in [2.75, 3.05) is 0 Å². The molecule has 0 saturated carbocycles. The third kappa shape index (κ3) is 4.86. The Balaban J connectivity index is 1.37. The van der Waals surface area contributed by atoms with Crippen molar-refractivity contribution >= 4 is 33.9 Å². The lowest BCUT2D eigenvalue weighted by Crippen LogP contribution is -2.43. The molecule has 0 radical (unpaired) electrons. The number of aromatic nitrogens is 1. The van der Waals surface area contributed by atoms with Crippen molar-refractivity contribution < 1.29 is 34.7 Å². The van der Waals surface area contributed by atoms with Gasteiger partial charge in [0.15, 0.2) is 22.8 Å². The number of aromatic amines is 1. The number of rotatable bonds is 8. The van der Waals surface area contributed by atoms with Crippen LogP contribution < -0.4 is 5.32 Å². The second-order valence-electron chi connectivity index (χ2n) is 8.66. The summed E-state index contributed by atoms with van der Waals surface area (Å²) in [7, 11) is 0. The van der Waals surface area contributed by atoms with Crippen molar-refractivity contribution in [3.63, 3.8) is 0 Å². The van der Waals surface area contributed by atoms with E-state index in [0.717, 1.165) is 16.5 Å². The molecule has 0 bridgehead atoms. The molecule has 2 heterocycles. The zero-order valence-electron chi connectivity index (χ0n) is 19.4. The van der Waals surface area contributed by atoms with Crippen LogP contribution in [-0.2, 0) is 11.2 Å². The topological polar surface area (TPSA) is 159 Å². The van der Waals surface area contributed by atoms with Crippen molar-refractivity contribution in [1.29, 1.82) is 0 Å². The minimum atomic E-state index is -1.27. The fourth-order valence-corrected chi connectivity index (χ4v) is 4.29. The first-order chi connectivity index (χ1) is 17.8. The van der Waals surface area contributed by atoms with Crippen LogP contribution in [0.15, 0.2) is 77.4 Å². The maximum atomic E-state index is 11.9. The van der Waals surface area contributed by atoms with Crippen LogP contribution in [0.2, 0.25) is 0 Å². The molecule has 9 heteroatoms. The molecule has 188 valence electrons. The van der Waals surface area contributed by atoms with Crippen molar-refractivity contribution in [2.45, 2.75) is 18.7 Å². The molecule has 2 aromatic heterocycles. The fourth-order valence-electron chi connectivity index (χ4n) is 4.29. The summed E-state index contributed by atoms with van der Waals surface area (Å²) >= 11 is 0. The number of aliphatic hydroxyl groups excluding tert-OH is 1. The van der Waals surface area contributed by atoms with E-state index >= 15 is 0 Å². The van der Waals surface area contributed by atoms with Gasteiger partial charge in [0.1, 0.15) is 18.0 Å². The Kier molecular flexibility index (Phi) is 6.31. The summed E-state index contributed by atoms with van der Waals surface area (Å²) in [4.78, 5) is 15.0. The number of fused-ring (bicyclic) bond motifs is 2. The Hall–Kier alpha value is -4.73. The molecule has 9 nitrogen and oxygen atoms in total. The SMILES string of the molecule is O=C(O)[C@@H](Cc1c[nH]c2ccccc12)NC(O)/C=C/c1ccc(O)c2oc(-c3ccc(O)c(O)c3)cc12. The first-order valence-electron chi connectivity index (χ1n) is 11.5. The fraction of sp³-hybridized carbons (Fsp3) is 0.107. The number of aliphatic hydroxyl groups is 1. The van der Waals surface area contributed by atoms with Gasteiger partial charge in [-0.1, -0.05) is 30.3 Å². The largest absolute Gasteiger partial charge is 0.504 e. The van der Waals surface area contributed by atoms with Crippen molar-refractivity contribution in [1.82, 2.24) is 10.3 Å². The predicted molar refractivity (Wildman–Crippen MR) is 138 cm³/mol. The number of carbonyl (C=O) groups is 1. The summed E-state index contributed by atoms with van der Waals surface area (Å²) in [6, 6.07) is 15.5. The maximum absolute atomic E-state index is 11.9. The van der Waals surface area contributed by atoms with Gasteiger partial charge in [-0.05, 0) is 53.6 Å². The van der Waals surface area contributed by atoms with Crippen LogP contribution in [0.25, 0.3) is 39.3 Å². The molecule has 2 atom stereocenters. The van der Waals surface area contributed by atoms with Crippen LogP contribution in [0.4, 0.5) is 0 Å². The number of hydrogen-bond acceptors (Lipinski definition) is 7. The minimum absolute atomic E-state index is 0.0928. The highest BCUT2D eigenvalue weighted by molar-refractivity contribution is 5.94. The third-order valence-corrected chi connectivity index (χ3v) is 6.18. The summed E-state index contributed by atoms with van der Waals surface area (Å²) in [5, 5.41) is 54.1. The quantitative estimate of drug-likeness (QED) is 0.123. The van der Waals surface area contributed by atoms with Gasteiger partial charge in [0.05, 0.1) is 0 Å². The second kappa shape index (κ2) is 9.73. The van der Waals surface area contributed by atoms with E-state index in [-0.39, 0.29) is 29.3 Å². The molecule has 7 N–H and O–H groups in total. The van der Waals surface area contributed by atoms with E-state index in [9.17, 15) is 30.3 Å². The van der Waals surface area contributed by atoms with Gasteiger partial charge in [0, 0.05) is 34.5 Å². The molecule has 0 amide bonds. The van der Waals surface area contributed by atoms with Crippen molar-refractivity contribution in [3.8, 4) is 28.6 Å². The van der Waals surface area contributed by atoms with Crippen LogP contribution in [-0.4, -0.2) is 48.8 Å². The molecule has 5 rings (SSSR count). The molecule has 0 spiro atoms. The van der Waals surface area contributed by atoms with E-state index in [1.165, 1.54) is 24.3 Å². The Bertz CT molecular complexity index is 1630. The summed E-state index contributed by atoms with van der Waals surface area (Å²) < 4.78 is 5.78. The lowest BCUT2D eigenvalue weighted by Gasteiger charge is -2.17.